The molecule has 98 valence electrons. The topological polar surface area (TPSA) is 49.7 Å². The van der Waals surface area contributed by atoms with Gasteiger partial charge in [-0.1, -0.05) is 39.5 Å². The Morgan fingerprint density at radius 3 is 2.47 bits per heavy atom. The molecule has 2 radical (unpaired) electrons. The molecule has 1 fully saturated rings. The number of aliphatic hydroxyl groups is 2. The molecule has 1 aliphatic carbocycles. The predicted molar refractivity (Wildman–Crippen MR) is 68.4 cm³/mol. The molecule has 0 heterocycles. The lowest BCUT2D eigenvalue weighted by Crippen LogP contribution is -2.43. The second-order valence-corrected chi connectivity index (χ2v) is 5.39. The van der Waals surface area contributed by atoms with Crippen molar-refractivity contribution in [1.82, 2.24) is 0 Å². The summed E-state index contributed by atoms with van der Waals surface area (Å²) < 4.78 is 4.89. The van der Waals surface area contributed by atoms with E-state index in [0.717, 1.165) is 18.8 Å². The summed E-state index contributed by atoms with van der Waals surface area (Å²) in [5.41, 5.74) is 0. The normalized spacial score (nSPS) is 26.6. The maximum absolute atomic E-state index is 8.89. The molecule has 4 heteroatoms. The van der Waals surface area contributed by atoms with Crippen LogP contribution in [0, 0.1) is 11.8 Å². The monoisotopic (exact) mass is 240 g/mol. The predicted octanol–water partition coefficient (Wildman–Crippen LogP) is 2.15. The smallest absolute Gasteiger partial charge is 0.217 e. The van der Waals surface area contributed by atoms with Crippen LogP contribution < -0.4 is 0 Å². The summed E-state index contributed by atoms with van der Waals surface area (Å²) in [6, 6.07) is 0. The minimum Gasteiger partial charge on any atom is -0.353 e. The van der Waals surface area contributed by atoms with Crippen molar-refractivity contribution in [2.24, 2.45) is 11.8 Å². The van der Waals surface area contributed by atoms with Crippen molar-refractivity contribution in [3.63, 3.8) is 0 Å². The summed E-state index contributed by atoms with van der Waals surface area (Å²) >= 11 is 0. The van der Waals surface area contributed by atoms with Crippen LogP contribution in [0.4, 0.5) is 0 Å². The molecule has 0 bridgehead atoms. The molecule has 0 saturated heterocycles. The van der Waals surface area contributed by atoms with Gasteiger partial charge in [-0.3, -0.25) is 0 Å². The second-order valence-electron chi connectivity index (χ2n) is 5.39. The zero-order chi connectivity index (χ0) is 12.9. The molecular weight excluding hydrogens is 215 g/mol. The fraction of sp³-hybridized carbons (Fsp3) is 1.00. The van der Waals surface area contributed by atoms with E-state index in [-0.39, 0.29) is 6.10 Å². The van der Waals surface area contributed by atoms with Crippen molar-refractivity contribution in [1.29, 1.82) is 0 Å². The van der Waals surface area contributed by atoms with Gasteiger partial charge in [0.2, 0.25) is 5.87 Å². The Labute approximate surface area is 106 Å². The van der Waals surface area contributed by atoms with Crippen molar-refractivity contribution in [3.05, 3.63) is 0 Å². The Bertz CT molecular complexity index is 209. The first kappa shape index (κ1) is 15.0. The summed E-state index contributed by atoms with van der Waals surface area (Å²) in [6.07, 6.45) is 8.10. The van der Waals surface area contributed by atoms with Gasteiger partial charge in [0, 0.05) is 0 Å². The Morgan fingerprint density at radius 1 is 1.35 bits per heavy atom. The molecular formula is C13H25BO3. The maximum atomic E-state index is 8.89. The largest absolute Gasteiger partial charge is 0.353 e. The van der Waals surface area contributed by atoms with Crippen LogP contribution in [0.25, 0.3) is 0 Å². The molecule has 0 amide bonds. The third-order valence-corrected chi connectivity index (χ3v) is 3.74. The van der Waals surface area contributed by atoms with E-state index in [0.29, 0.717) is 5.92 Å². The first-order valence-corrected chi connectivity index (χ1v) is 6.86. The van der Waals surface area contributed by atoms with E-state index >= 15 is 0 Å². The summed E-state index contributed by atoms with van der Waals surface area (Å²) in [5.74, 6) is -0.974. The van der Waals surface area contributed by atoms with Crippen molar-refractivity contribution in [3.8, 4) is 0 Å². The van der Waals surface area contributed by atoms with Gasteiger partial charge in [-0.25, -0.2) is 0 Å². The maximum Gasteiger partial charge on any atom is 0.217 e. The highest BCUT2D eigenvalue weighted by Gasteiger charge is 2.34. The SMILES string of the molecule is [B]C(O)(O)OC1CC(CC(CC)CCCC)C1. The lowest BCUT2D eigenvalue weighted by atomic mass is 9.75. The van der Waals surface area contributed by atoms with E-state index in [4.69, 9.17) is 22.8 Å². The quantitative estimate of drug-likeness (QED) is 0.505. The van der Waals surface area contributed by atoms with Crippen LogP contribution in [0.1, 0.15) is 58.8 Å². The van der Waals surface area contributed by atoms with Crippen LogP contribution >= 0.6 is 0 Å². The van der Waals surface area contributed by atoms with Crippen molar-refractivity contribution < 1.29 is 14.9 Å². The molecule has 1 rings (SSSR count). The molecule has 0 aromatic carbocycles. The van der Waals surface area contributed by atoms with Crippen LogP contribution in [-0.2, 0) is 4.74 Å². The number of hydrogen-bond donors (Lipinski definition) is 2. The highest BCUT2D eigenvalue weighted by atomic mass is 16.8. The minimum absolute atomic E-state index is 0.0799. The Hall–Kier alpha value is -0.0551. The Morgan fingerprint density at radius 2 is 2.00 bits per heavy atom. The van der Waals surface area contributed by atoms with Gasteiger partial charge in [0.25, 0.3) is 0 Å². The lowest BCUT2D eigenvalue weighted by Gasteiger charge is -2.39. The molecule has 1 saturated carbocycles. The number of unbranched alkanes of at least 4 members (excludes halogenated alkanes) is 1. The molecule has 1 atom stereocenters. The molecule has 2 N–H and O–H groups in total. The summed E-state index contributed by atoms with van der Waals surface area (Å²) in [6.45, 7) is 4.47. The molecule has 0 aliphatic heterocycles. The fourth-order valence-corrected chi connectivity index (χ4v) is 2.66. The first-order chi connectivity index (χ1) is 7.94. The number of rotatable bonds is 8. The molecule has 17 heavy (non-hydrogen) atoms. The number of ether oxygens (including phenoxy) is 1. The third-order valence-electron chi connectivity index (χ3n) is 3.74. The van der Waals surface area contributed by atoms with E-state index in [1.165, 1.54) is 32.1 Å². The number of hydrogen-bond acceptors (Lipinski definition) is 3. The first-order valence-electron chi connectivity index (χ1n) is 6.86. The highest BCUT2D eigenvalue weighted by molar-refractivity contribution is 6.11. The van der Waals surface area contributed by atoms with Crippen LogP contribution in [0.15, 0.2) is 0 Å². The molecule has 1 unspecified atom stereocenters. The highest BCUT2D eigenvalue weighted by Crippen LogP contribution is 2.37. The van der Waals surface area contributed by atoms with Gasteiger partial charge in [-0.15, -0.1) is 0 Å². The van der Waals surface area contributed by atoms with Gasteiger partial charge < -0.3 is 14.9 Å². The third kappa shape index (κ3) is 5.89. The average Bonchev–Trinajstić information content (AvgIpc) is 2.18. The van der Waals surface area contributed by atoms with Gasteiger partial charge >= 0.3 is 0 Å². The van der Waals surface area contributed by atoms with E-state index < -0.39 is 5.87 Å². The fourth-order valence-electron chi connectivity index (χ4n) is 2.66. The zero-order valence-corrected chi connectivity index (χ0v) is 11.1. The van der Waals surface area contributed by atoms with Crippen LogP contribution in [0.5, 0.6) is 0 Å². The van der Waals surface area contributed by atoms with Gasteiger partial charge in [0.15, 0.2) is 7.85 Å². The average molecular weight is 240 g/mol. The molecule has 0 spiro atoms. The van der Waals surface area contributed by atoms with Gasteiger partial charge in [0.1, 0.15) is 0 Å². The Kier molecular flexibility index (Phi) is 5.97. The molecule has 3 nitrogen and oxygen atoms in total. The minimum atomic E-state index is -2.46. The standard InChI is InChI=1S/C13H25BO3/c1-3-5-6-10(4-2)7-11-8-12(9-11)17-13(14,15)16/h10-12,15-16H,3-9H2,1-2H3. The molecule has 0 aromatic rings. The van der Waals surface area contributed by atoms with Crippen LogP contribution in [0.2, 0.25) is 0 Å². The zero-order valence-electron chi connectivity index (χ0n) is 11.1. The van der Waals surface area contributed by atoms with Gasteiger partial charge in [0.05, 0.1) is 6.10 Å². The van der Waals surface area contributed by atoms with Gasteiger partial charge in [-0.2, -0.15) is 0 Å². The molecule has 1 aliphatic rings. The summed E-state index contributed by atoms with van der Waals surface area (Å²) in [5, 5.41) is 17.8. The summed E-state index contributed by atoms with van der Waals surface area (Å²) in [7, 11) is 4.97. The van der Waals surface area contributed by atoms with Crippen LogP contribution in [0.3, 0.4) is 0 Å². The second kappa shape index (κ2) is 6.76. The van der Waals surface area contributed by atoms with E-state index in [2.05, 4.69) is 13.8 Å². The van der Waals surface area contributed by atoms with E-state index in [1.807, 2.05) is 0 Å². The Balaban J connectivity index is 2.15. The van der Waals surface area contributed by atoms with Gasteiger partial charge in [-0.05, 0) is 31.1 Å². The van der Waals surface area contributed by atoms with Crippen molar-refractivity contribution >= 4 is 7.85 Å². The van der Waals surface area contributed by atoms with Crippen LogP contribution in [-0.4, -0.2) is 30.0 Å². The van der Waals surface area contributed by atoms with Crippen molar-refractivity contribution in [2.45, 2.75) is 70.8 Å². The summed E-state index contributed by atoms with van der Waals surface area (Å²) in [4.78, 5) is 0. The van der Waals surface area contributed by atoms with E-state index in [1.54, 1.807) is 0 Å². The van der Waals surface area contributed by atoms with Crippen molar-refractivity contribution in [2.75, 3.05) is 0 Å². The lowest BCUT2D eigenvalue weighted by molar-refractivity contribution is -0.309. The van der Waals surface area contributed by atoms with E-state index in [9.17, 15) is 0 Å². The molecule has 0 aromatic heterocycles.